The molecule has 6 heteroatoms. The van der Waals surface area contributed by atoms with Crippen LogP contribution in [0.3, 0.4) is 0 Å². The molecule has 0 saturated heterocycles. The van der Waals surface area contributed by atoms with E-state index in [0.29, 0.717) is 23.5 Å². The molecule has 0 radical (unpaired) electrons. The molecule has 34 heavy (non-hydrogen) atoms. The van der Waals surface area contributed by atoms with E-state index in [9.17, 15) is 0 Å². The van der Waals surface area contributed by atoms with Gasteiger partial charge in [-0.15, -0.1) is 0 Å². The quantitative estimate of drug-likeness (QED) is 0.298. The van der Waals surface area contributed by atoms with E-state index in [-0.39, 0.29) is 0 Å². The number of H-pyrrole nitrogens is 2. The van der Waals surface area contributed by atoms with Gasteiger partial charge in [0.05, 0.1) is 0 Å². The zero-order valence-electron chi connectivity index (χ0n) is 19.9. The Balaban J connectivity index is 1.38. The van der Waals surface area contributed by atoms with Gasteiger partial charge in [0.15, 0.2) is 23.3 Å². The van der Waals surface area contributed by atoms with Crippen molar-refractivity contribution in [2.75, 3.05) is 0 Å². The first kappa shape index (κ1) is 21.8. The maximum absolute atomic E-state index is 4.72. The second-order valence-corrected chi connectivity index (χ2v) is 9.15. The van der Waals surface area contributed by atoms with Crippen LogP contribution >= 0.6 is 0 Å². The van der Waals surface area contributed by atoms with Crippen LogP contribution in [0.5, 0.6) is 0 Å². The van der Waals surface area contributed by atoms with E-state index in [2.05, 4.69) is 96.6 Å². The van der Waals surface area contributed by atoms with Gasteiger partial charge < -0.3 is 0 Å². The second-order valence-electron chi connectivity index (χ2n) is 9.15. The zero-order chi connectivity index (χ0) is 23.7. The Bertz CT molecular complexity index is 1290. The normalized spacial score (nSPS) is 11.5. The standard InChI is InChI=1S/C28H28N6/c1-17(2)19-8-12-21(13-9-19)25-29-27(33-31-25)23-6-5-7-24(16-23)28-30-26(32-34-28)22-14-10-20(11-15-22)18(3)4/h5-18H,1-4H3,(H,29,31,33)(H,30,32,34). The molecule has 0 unspecified atom stereocenters. The van der Waals surface area contributed by atoms with Gasteiger partial charge in [-0.05, 0) is 29.0 Å². The van der Waals surface area contributed by atoms with Gasteiger partial charge in [-0.2, -0.15) is 10.2 Å². The molecule has 0 aliphatic heterocycles. The van der Waals surface area contributed by atoms with Crippen molar-refractivity contribution in [2.24, 2.45) is 0 Å². The van der Waals surface area contributed by atoms with Crippen molar-refractivity contribution in [3.8, 4) is 45.6 Å². The van der Waals surface area contributed by atoms with Crippen LogP contribution in [0.2, 0.25) is 0 Å². The van der Waals surface area contributed by atoms with Gasteiger partial charge in [-0.1, -0.05) is 94.4 Å². The smallest absolute Gasteiger partial charge is 0.181 e. The average molecular weight is 449 g/mol. The number of aromatic nitrogens is 6. The number of nitrogens with one attached hydrogen (secondary N) is 2. The maximum Gasteiger partial charge on any atom is 0.181 e. The molecular weight excluding hydrogens is 420 g/mol. The fraction of sp³-hybridized carbons (Fsp3) is 0.214. The van der Waals surface area contributed by atoms with Crippen molar-refractivity contribution in [1.82, 2.24) is 30.4 Å². The third-order valence-corrected chi connectivity index (χ3v) is 6.05. The van der Waals surface area contributed by atoms with Gasteiger partial charge in [-0.25, -0.2) is 9.97 Å². The molecule has 0 saturated carbocycles. The summed E-state index contributed by atoms with van der Waals surface area (Å²) in [6.45, 7) is 8.75. The largest absolute Gasteiger partial charge is 0.259 e. The fourth-order valence-electron chi connectivity index (χ4n) is 3.89. The van der Waals surface area contributed by atoms with E-state index in [1.54, 1.807) is 0 Å². The van der Waals surface area contributed by atoms with E-state index in [1.807, 2.05) is 24.3 Å². The van der Waals surface area contributed by atoms with E-state index < -0.39 is 0 Å². The third-order valence-electron chi connectivity index (χ3n) is 6.05. The molecule has 2 aromatic heterocycles. The lowest BCUT2D eigenvalue weighted by Gasteiger charge is -2.05. The number of nitrogens with zero attached hydrogens (tertiary/aromatic N) is 4. The van der Waals surface area contributed by atoms with Crippen LogP contribution in [0, 0.1) is 0 Å². The second kappa shape index (κ2) is 9.06. The van der Waals surface area contributed by atoms with Crippen molar-refractivity contribution in [3.63, 3.8) is 0 Å². The van der Waals surface area contributed by atoms with Crippen molar-refractivity contribution >= 4 is 0 Å². The predicted octanol–water partition coefficient (Wildman–Crippen LogP) is 6.84. The topological polar surface area (TPSA) is 83.1 Å². The molecule has 3 aromatic carbocycles. The minimum atomic E-state index is 0.498. The Labute approximate surface area is 199 Å². The summed E-state index contributed by atoms with van der Waals surface area (Å²) < 4.78 is 0. The van der Waals surface area contributed by atoms with Gasteiger partial charge in [0, 0.05) is 22.3 Å². The molecule has 0 aliphatic rings. The van der Waals surface area contributed by atoms with Crippen LogP contribution < -0.4 is 0 Å². The number of aromatic amines is 2. The zero-order valence-corrected chi connectivity index (χ0v) is 19.9. The summed E-state index contributed by atoms with van der Waals surface area (Å²) in [5.74, 6) is 3.78. The highest BCUT2D eigenvalue weighted by molar-refractivity contribution is 5.69. The van der Waals surface area contributed by atoms with Crippen molar-refractivity contribution < 1.29 is 0 Å². The van der Waals surface area contributed by atoms with Crippen molar-refractivity contribution in [3.05, 3.63) is 83.9 Å². The van der Waals surface area contributed by atoms with Crippen LogP contribution in [0.4, 0.5) is 0 Å². The van der Waals surface area contributed by atoms with E-state index in [0.717, 1.165) is 33.9 Å². The molecule has 6 nitrogen and oxygen atoms in total. The van der Waals surface area contributed by atoms with Crippen LogP contribution in [0.1, 0.15) is 50.7 Å². The molecule has 2 heterocycles. The summed E-state index contributed by atoms with van der Waals surface area (Å²) in [7, 11) is 0. The van der Waals surface area contributed by atoms with Gasteiger partial charge >= 0.3 is 0 Å². The van der Waals surface area contributed by atoms with Crippen LogP contribution in [0.15, 0.2) is 72.8 Å². The van der Waals surface area contributed by atoms with Gasteiger partial charge in [-0.3, -0.25) is 10.2 Å². The maximum atomic E-state index is 4.72. The Hall–Kier alpha value is -4.06. The molecule has 0 fully saturated rings. The molecule has 5 aromatic rings. The van der Waals surface area contributed by atoms with Crippen molar-refractivity contribution in [1.29, 1.82) is 0 Å². The first-order chi connectivity index (χ1) is 16.5. The van der Waals surface area contributed by atoms with Gasteiger partial charge in [0.25, 0.3) is 0 Å². The average Bonchev–Trinajstić information content (AvgIpc) is 3.55. The summed E-state index contributed by atoms with van der Waals surface area (Å²) in [4.78, 5) is 9.44. The van der Waals surface area contributed by atoms with Gasteiger partial charge in [0.2, 0.25) is 0 Å². The molecule has 0 bridgehead atoms. The molecular formula is C28H28N6. The first-order valence-corrected chi connectivity index (χ1v) is 11.6. The molecule has 2 N–H and O–H groups in total. The lowest BCUT2D eigenvalue weighted by molar-refractivity contribution is 0.867. The Morgan fingerprint density at radius 1 is 0.529 bits per heavy atom. The molecule has 5 rings (SSSR count). The molecule has 0 spiro atoms. The summed E-state index contributed by atoms with van der Waals surface area (Å²) in [5, 5.41) is 15.0. The van der Waals surface area contributed by atoms with E-state index in [4.69, 9.17) is 9.97 Å². The lowest BCUT2D eigenvalue weighted by Crippen LogP contribution is -1.88. The van der Waals surface area contributed by atoms with Gasteiger partial charge in [0.1, 0.15) is 0 Å². The number of rotatable bonds is 6. The predicted molar refractivity (Wildman–Crippen MR) is 136 cm³/mol. The lowest BCUT2D eigenvalue weighted by atomic mass is 10.0. The van der Waals surface area contributed by atoms with Crippen LogP contribution in [0.25, 0.3) is 45.6 Å². The number of hydrogen-bond donors (Lipinski definition) is 2. The number of benzene rings is 3. The monoisotopic (exact) mass is 448 g/mol. The summed E-state index contributed by atoms with van der Waals surface area (Å²) in [5.41, 5.74) is 6.46. The minimum absolute atomic E-state index is 0.498. The highest BCUT2D eigenvalue weighted by Crippen LogP contribution is 2.27. The molecule has 170 valence electrons. The van der Waals surface area contributed by atoms with Crippen LogP contribution in [-0.4, -0.2) is 30.4 Å². The third kappa shape index (κ3) is 4.39. The molecule has 0 atom stereocenters. The van der Waals surface area contributed by atoms with Crippen molar-refractivity contribution in [2.45, 2.75) is 39.5 Å². The summed E-state index contributed by atoms with van der Waals surface area (Å²) >= 11 is 0. The van der Waals surface area contributed by atoms with Crippen LogP contribution in [-0.2, 0) is 0 Å². The summed E-state index contributed by atoms with van der Waals surface area (Å²) in [6, 6.07) is 24.9. The highest BCUT2D eigenvalue weighted by Gasteiger charge is 2.12. The highest BCUT2D eigenvalue weighted by atomic mass is 15.2. The Morgan fingerprint density at radius 3 is 1.32 bits per heavy atom. The first-order valence-electron chi connectivity index (χ1n) is 11.6. The fourth-order valence-corrected chi connectivity index (χ4v) is 3.89. The Morgan fingerprint density at radius 2 is 0.941 bits per heavy atom. The Kier molecular flexibility index (Phi) is 5.80. The molecule has 0 aliphatic carbocycles. The number of hydrogen-bond acceptors (Lipinski definition) is 4. The SMILES string of the molecule is CC(C)c1ccc(-c2nc(-c3cccc(-c4n[nH]c(-c5ccc(C(C)C)cc5)n4)c3)n[nH]2)cc1. The van der Waals surface area contributed by atoms with E-state index in [1.165, 1.54) is 11.1 Å². The molecule has 0 amide bonds. The van der Waals surface area contributed by atoms with E-state index >= 15 is 0 Å². The minimum Gasteiger partial charge on any atom is -0.259 e. The summed E-state index contributed by atoms with van der Waals surface area (Å²) in [6.07, 6.45) is 0.